The summed E-state index contributed by atoms with van der Waals surface area (Å²) in [7, 11) is 0. The molecule has 2 N–H and O–H groups in total. The van der Waals surface area contributed by atoms with Gasteiger partial charge in [0.25, 0.3) is 0 Å². The predicted molar refractivity (Wildman–Crippen MR) is 109 cm³/mol. The molecule has 0 aliphatic rings. The van der Waals surface area contributed by atoms with Gasteiger partial charge in [-0.3, -0.25) is 0 Å². The second-order valence-corrected chi connectivity index (χ2v) is 6.75. The Morgan fingerprint density at radius 2 is 1.93 bits per heavy atom. The summed E-state index contributed by atoms with van der Waals surface area (Å²) in [6, 6.07) is 9.79. The highest BCUT2D eigenvalue weighted by Gasteiger charge is 2.33. The van der Waals surface area contributed by atoms with E-state index in [-0.39, 0.29) is 5.69 Å². The molecule has 0 saturated heterocycles. The summed E-state index contributed by atoms with van der Waals surface area (Å²) in [4.78, 5) is 12.0. The van der Waals surface area contributed by atoms with Crippen molar-refractivity contribution in [2.75, 3.05) is 5.32 Å². The van der Waals surface area contributed by atoms with Crippen LogP contribution >= 0.6 is 23.2 Å². The molecule has 0 saturated carbocycles. The third kappa shape index (κ3) is 4.49. The zero-order valence-electron chi connectivity index (χ0n) is 15.0. The first kappa shape index (κ1) is 21.0. The van der Waals surface area contributed by atoms with E-state index < -0.39 is 22.8 Å². The topological polar surface area (TPSA) is 58.4 Å². The first-order valence-corrected chi connectivity index (χ1v) is 9.21. The number of carbonyl (C=O) groups is 1. The average Bonchev–Trinajstić information content (AvgIpc) is 2.93. The number of anilines is 1. The number of hydrogen-bond donors (Lipinski definition) is 2. The van der Waals surface area contributed by atoms with E-state index in [4.69, 9.17) is 23.2 Å². The fourth-order valence-electron chi connectivity index (χ4n) is 2.87. The number of nitrogens with zero attached hydrogens (tertiary/aromatic N) is 2. The molecule has 3 rings (SSSR count). The summed E-state index contributed by atoms with van der Waals surface area (Å²) < 4.78 is 40.6. The molecule has 0 aliphatic heterocycles. The van der Waals surface area contributed by atoms with Crippen molar-refractivity contribution in [3.05, 3.63) is 63.8 Å². The van der Waals surface area contributed by atoms with Gasteiger partial charge in [-0.25, -0.2) is 10.2 Å². The van der Waals surface area contributed by atoms with E-state index in [0.29, 0.717) is 17.3 Å². The summed E-state index contributed by atoms with van der Waals surface area (Å²) in [5.74, 6) is 0. The van der Waals surface area contributed by atoms with E-state index in [2.05, 4.69) is 15.8 Å². The third-order valence-electron chi connectivity index (χ3n) is 4.15. The Balaban J connectivity index is 1.75. The Kier molecular flexibility index (Phi) is 6.04. The Morgan fingerprint density at radius 3 is 2.62 bits per heavy atom. The minimum atomic E-state index is -4.63. The molecule has 0 atom stereocenters. The molecule has 10 heteroatoms. The first-order chi connectivity index (χ1) is 13.7. The van der Waals surface area contributed by atoms with E-state index in [0.717, 1.165) is 23.0 Å². The molecule has 0 bridgehead atoms. The molecule has 0 radical (unpaired) electrons. The predicted octanol–water partition coefficient (Wildman–Crippen LogP) is 6.14. The molecule has 29 heavy (non-hydrogen) atoms. The maximum Gasteiger partial charge on any atom is 0.417 e. The molecule has 1 heterocycles. The van der Waals surface area contributed by atoms with Crippen molar-refractivity contribution in [3.63, 3.8) is 0 Å². The minimum absolute atomic E-state index is 0.0740. The van der Waals surface area contributed by atoms with Gasteiger partial charge in [0.15, 0.2) is 0 Å². The number of aryl methyl sites for hydroxylation is 1. The van der Waals surface area contributed by atoms with Crippen LogP contribution in [0.3, 0.4) is 0 Å². The van der Waals surface area contributed by atoms with Crippen LogP contribution in [0.2, 0.25) is 10.2 Å². The molecule has 152 valence electrons. The number of amides is 2. The van der Waals surface area contributed by atoms with Crippen molar-refractivity contribution in [1.29, 1.82) is 0 Å². The van der Waals surface area contributed by atoms with Crippen LogP contribution in [0.5, 0.6) is 0 Å². The fraction of sp³-hybridized carbons (Fsp3) is 0.158. The van der Waals surface area contributed by atoms with Crippen molar-refractivity contribution in [1.82, 2.24) is 9.99 Å². The molecule has 0 aliphatic carbocycles. The summed E-state index contributed by atoms with van der Waals surface area (Å²) in [6.45, 7) is 2.60. The maximum absolute atomic E-state index is 12.9. The lowest BCUT2D eigenvalue weighted by Crippen LogP contribution is -2.24. The SMILES string of the molecule is CCn1c(Cl)c(C=NNC(=O)Nc2ccc(Cl)c(C(F)(F)F)c2)c2ccccc21. The molecular weight excluding hydrogens is 428 g/mol. The molecule has 5 nitrogen and oxygen atoms in total. The summed E-state index contributed by atoms with van der Waals surface area (Å²) >= 11 is 12.0. The standard InChI is InChI=1S/C19H15Cl2F3N4O/c1-2-28-16-6-4-3-5-12(16)13(17(28)21)10-25-27-18(29)26-11-7-8-15(20)14(9-11)19(22,23)24/h3-10H,2H2,1H3,(H2,26,27,29). The van der Waals surface area contributed by atoms with Crippen molar-refractivity contribution < 1.29 is 18.0 Å². The largest absolute Gasteiger partial charge is 0.417 e. The molecule has 0 fully saturated rings. The molecule has 0 unspecified atom stereocenters. The maximum atomic E-state index is 12.9. The van der Waals surface area contributed by atoms with E-state index in [1.807, 2.05) is 35.8 Å². The number of hydrogen-bond acceptors (Lipinski definition) is 2. The number of para-hydroxylation sites is 1. The Bertz CT molecular complexity index is 1090. The Labute approximate surface area is 174 Å². The second-order valence-electron chi connectivity index (χ2n) is 5.98. The summed E-state index contributed by atoms with van der Waals surface area (Å²) in [6.07, 6.45) is -3.24. The summed E-state index contributed by atoms with van der Waals surface area (Å²) in [5.41, 5.74) is 2.64. The van der Waals surface area contributed by atoms with E-state index >= 15 is 0 Å². The highest BCUT2D eigenvalue weighted by molar-refractivity contribution is 6.34. The molecular formula is C19H15Cl2F3N4O. The fourth-order valence-corrected chi connectivity index (χ4v) is 3.45. The first-order valence-electron chi connectivity index (χ1n) is 8.46. The number of aromatic nitrogens is 1. The van der Waals surface area contributed by atoms with Crippen molar-refractivity contribution in [2.45, 2.75) is 19.6 Å². The zero-order chi connectivity index (χ0) is 21.2. The number of hydrazone groups is 1. The van der Waals surface area contributed by atoms with Crippen LogP contribution in [0.25, 0.3) is 10.9 Å². The number of urea groups is 1. The average molecular weight is 443 g/mol. The lowest BCUT2D eigenvalue weighted by Gasteiger charge is -2.11. The van der Waals surface area contributed by atoms with Crippen molar-refractivity contribution in [3.8, 4) is 0 Å². The number of carbonyl (C=O) groups excluding carboxylic acids is 1. The number of alkyl halides is 3. The van der Waals surface area contributed by atoms with Crippen LogP contribution in [-0.2, 0) is 12.7 Å². The van der Waals surface area contributed by atoms with Gasteiger partial charge in [0.2, 0.25) is 0 Å². The normalized spacial score (nSPS) is 11.9. The van der Waals surface area contributed by atoms with Crippen molar-refractivity contribution in [2.24, 2.45) is 5.10 Å². The number of benzene rings is 2. The van der Waals surface area contributed by atoms with Gasteiger partial charge < -0.3 is 9.88 Å². The Morgan fingerprint density at radius 1 is 1.21 bits per heavy atom. The van der Waals surface area contributed by atoms with Gasteiger partial charge >= 0.3 is 12.2 Å². The summed E-state index contributed by atoms with van der Waals surface area (Å²) in [5, 5.41) is 7.00. The lowest BCUT2D eigenvalue weighted by atomic mass is 10.2. The van der Waals surface area contributed by atoms with Crippen molar-refractivity contribution >= 4 is 52.0 Å². The highest BCUT2D eigenvalue weighted by atomic mass is 35.5. The number of halogens is 5. The van der Waals surface area contributed by atoms with Crippen LogP contribution in [0.15, 0.2) is 47.6 Å². The zero-order valence-corrected chi connectivity index (χ0v) is 16.5. The third-order valence-corrected chi connectivity index (χ3v) is 4.89. The van der Waals surface area contributed by atoms with Gasteiger partial charge in [-0.15, -0.1) is 0 Å². The van der Waals surface area contributed by atoms with E-state index in [1.165, 1.54) is 12.3 Å². The smallest absolute Gasteiger partial charge is 0.331 e. The molecule has 0 spiro atoms. The highest BCUT2D eigenvalue weighted by Crippen LogP contribution is 2.36. The molecule has 2 amide bonds. The molecule has 3 aromatic rings. The van der Waals surface area contributed by atoms with Gasteiger partial charge in [-0.1, -0.05) is 41.4 Å². The number of rotatable bonds is 4. The number of nitrogens with one attached hydrogen (secondary N) is 2. The quantitative estimate of drug-likeness (QED) is 0.369. The monoisotopic (exact) mass is 442 g/mol. The van der Waals surface area contributed by atoms with Gasteiger partial charge in [0.05, 0.1) is 16.8 Å². The lowest BCUT2D eigenvalue weighted by molar-refractivity contribution is -0.137. The minimum Gasteiger partial charge on any atom is -0.331 e. The van der Waals surface area contributed by atoms with Gasteiger partial charge in [-0.2, -0.15) is 18.3 Å². The van der Waals surface area contributed by atoms with Crippen LogP contribution < -0.4 is 10.7 Å². The second kappa shape index (κ2) is 8.34. The van der Waals surface area contributed by atoms with Crippen LogP contribution in [-0.4, -0.2) is 16.8 Å². The van der Waals surface area contributed by atoms with Crippen LogP contribution in [0, 0.1) is 0 Å². The van der Waals surface area contributed by atoms with Gasteiger partial charge in [0.1, 0.15) is 5.15 Å². The number of fused-ring (bicyclic) bond motifs is 1. The Hall–Kier alpha value is -2.71. The van der Waals surface area contributed by atoms with Gasteiger partial charge in [0, 0.05) is 28.7 Å². The van der Waals surface area contributed by atoms with Crippen LogP contribution in [0.1, 0.15) is 18.1 Å². The van der Waals surface area contributed by atoms with E-state index in [1.54, 1.807) is 0 Å². The molecule has 2 aromatic carbocycles. The van der Waals surface area contributed by atoms with Gasteiger partial charge in [-0.05, 0) is 31.2 Å². The molecule has 1 aromatic heterocycles. The van der Waals surface area contributed by atoms with Crippen LogP contribution in [0.4, 0.5) is 23.7 Å². The van der Waals surface area contributed by atoms with E-state index in [9.17, 15) is 18.0 Å².